The molecular formula is C16H21N3O. The fourth-order valence-electron chi connectivity index (χ4n) is 2.82. The Balaban J connectivity index is 1.93. The molecule has 0 unspecified atom stereocenters. The molecular weight excluding hydrogens is 250 g/mol. The van der Waals surface area contributed by atoms with Gasteiger partial charge in [-0.05, 0) is 38.6 Å². The minimum absolute atomic E-state index is 0.129. The van der Waals surface area contributed by atoms with Gasteiger partial charge in [0.05, 0.1) is 0 Å². The molecule has 0 aliphatic carbocycles. The van der Waals surface area contributed by atoms with Crippen LogP contribution in [0.1, 0.15) is 21.6 Å². The predicted octanol–water partition coefficient (Wildman–Crippen LogP) is 2.17. The zero-order chi connectivity index (χ0) is 14.3. The highest BCUT2D eigenvalue weighted by atomic mass is 16.2. The lowest BCUT2D eigenvalue weighted by Gasteiger charge is -2.32. The second-order valence-corrected chi connectivity index (χ2v) is 5.77. The van der Waals surface area contributed by atoms with Gasteiger partial charge in [0, 0.05) is 37.1 Å². The first-order valence-electron chi connectivity index (χ1n) is 7.13. The summed E-state index contributed by atoms with van der Waals surface area (Å²) in [5.41, 5.74) is 4.08. The molecule has 1 aliphatic rings. The van der Waals surface area contributed by atoms with E-state index < -0.39 is 0 Å². The van der Waals surface area contributed by atoms with Crippen LogP contribution in [0.2, 0.25) is 0 Å². The highest BCUT2D eigenvalue weighted by Crippen LogP contribution is 2.24. The summed E-state index contributed by atoms with van der Waals surface area (Å²) in [6.45, 7) is 7.62. The highest BCUT2D eigenvalue weighted by Gasteiger charge is 2.23. The van der Waals surface area contributed by atoms with Crippen LogP contribution in [0.3, 0.4) is 0 Å². The standard InChI is InChI=1S/C16H21N3O/c1-11-4-5-14-13(10-11)12(2)15(17-14)16(20)19-8-6-18(3)7-9-19/h4-5,10,17H,6-9H2,1-3H3. The Morgan fingerprint density at radius 2 is 1.85 bits per heavy atom. The molecule has 1 aromatic heterocycles. The van der Waals surface area contributed by atoms with Gasteiger partial charge in [-0.15, -0.1) is 0 Å². The number of aryl methyl sites for hydroxylation is 2. The number of hydrogen-bond donors (Lipinski definition) is 1. The fraction of sp³-hybridized carbons (Fsp3) is 0.438. The molecule has 1 aliphatic heterocycles. The van der Waals surface area contributed by atoms with Gasteiger partial charge >= 0.3 is 0 Å². The van der Waals surface area contributed by atoms with Crippen LogP contribution in [-0.4, -0.2) is 53.9 Å². The van der Waals surface area contributed by atoms with Crippen molar-refractivity contribution in [2.45, 2.75) is 13.8 Å². The van der Waals surface area contributed by atoms with Crippen LogP contribution >= 0.6 is 0 Å². The smallest absolute Gasteiger partial charge is 0.270 e. The molecule has 4 nitrogen and oxygen atoms in total. The van der Waals surface area contributed by atoms with E-state index in [1.165, 1.54) is 5.56 Å². The molecule has 0 saturated carbocycles. The molecule has 1 amide bonds. The van der Waals surface area contributed by atoms with Gasteiger partial charge in [0.15, 0.2) is 0 Å². The summed E-state index contributed by atoms with van der Waals surface area (Å²) < 4.78 is 0. The van der Waals surface area contributed by atoms with Crippen LogP contribution in [0.4, 0.5) is 0 Å². The summed E-state index contributed by atoms with van der Waals surface area (Å²) in [7, 11) is 2.10. The SMILES string of the molecule is Cc1ccc2[nH]c(C(=O)N3CCN(C)CC3)c(C)c2c1. The second-order valence-electron chi connectivity index (χ2n) is 5.77. The molecule has 3 rings (SSSR count). The minimum Gasteiger partial charge on any atom is -0.350 e. The first-order chi connectivity index (χ1) is 9.56. The number of benzene rings is 1. The molecule has 1 saturated heterocycles. The van der Waals surface area contributed by atoms with Gasteiger partial charge in [0.2, 0.25) is 0 Å². The van der Waals surface area contributed by atoms with Gasteiger partial charge in [-0.1, -0.05) is 11.6 Å². The minimum atomic E-state index is 0.129. The highest BCUT2D eigenvalue weighted by molar-refractivity contribution is 6.01. The normalized spacial score (nSPS) is 16.9. The van der Waals surface area contributed by atoms with Gasteiger partial charge in [-0.25, -0.2) is 0 Å². The van der Waals surface area contributed by atoms with Crippen LogP contribution < -0.4 is 0 Å². The zero-order valence-electron chi connectivity index (χ0n) is 12.4. The molecule has 0 atom stereocenters. The largest absolute Gasteiger partial charge is 0.350 e. The van der Waals surface area contributed by atoms with Crippen molar-refractivity contribution in [3.63, 3.8) is 0 Å². The summed E-state index contributed by atoms with van der Waals surface area (Å²) in [6, 6.07) is 6.27. The first kappa shape index (κ1) is 13.2. The van der Waals surface area contributed by atoms with Crippen molar-refractivity contribution in [1.29, 1.82) is 0 Å². The van der Waals surface area contributed by atoms with E-state index in [9.17, 15) is 4.79 Å². The Hall–Kier alpha value is -1.81. The molecule has 2 aromatic rings. The fourth-order valence-corrected chi connectivity index (χ4v) is 2.82. The number of hydrogen-bond acceptors (Lipinski definition) is 2. The van der Waals surface area contributed by atoms with Crippen molar-refractivity contribution >= 4 is 16.8 Å². The first-order valence-corrected chi connectivity index (χ1v) is 7.13. The number of fused-ring (bicyclic) bond motifs is 1. The van der Waals surface area contributed by atoms with Crippen molar-refractivity contribution in [3.05, 3.63) is 35.0 Å². The lowest BCUT2D eigenvalue weighted by atomic mass is 10.1. The number of carbonyl (C=O) groups is 1. The maximum Gasteiger partial charge on any atom is 0.270 e. The number of nitrogens with one attached hydrogen (secondary N) is 1. The van der Waals surface area contributed by atoms with Gasteiger partial charge in [0.1, 0.15) is 5.69 Å². The molecule has 106 valence electrons. The summed E-state index contributed by atoms with van der Waals surface area (Å²) in [4.78, 5) is 20.2. The monoisotopic (exact) mass is 271 g/mol. The van der Waals surface area contributed by atoms with E-state index in [1.54, 1.807) is 0 Å². The van der Waals surface area contributed by atoms with E-state index in [4.69, 9.17) is 0 Å². The summed E-state index contributed by atoms with van der Waals surface area (Å²) >= 11 is 0. The van der Waals surface area contributed by atoms with Crippen LogP contribution in [0, 0.1) is 13.8 Å². The van der Waals surface area contributed by atoms with Crippen molar-refractivity contribution in [3.8, 4) is 0 Å². The molecule has 4 heteroatoms. The third-order valence-electron chi connectivity index (χ3n) is 4.22. The van der Waals surface area contributed by atoms with Gasteiger partial charge in [-0.2, -0.15) is 0 Å². The van der Waals surface area contributed by atoms with E-state index >= 15 is 0 Å². The lowest BCUT2D eigenvalue weighted by Crippen LogP contribution is -2.47. The van der Waals surface area contributed by atoms with Gasteiger partial charge < -0.3 is 14.8 Å². The summed E-state index contributed by atoms with van der Waals surface area (Å²) in [5.74, 6) is 0.129. The summed E-state index contributed by atoms with van der Waals surface area (Å²) in [6.07, 6.45) is 0. The molecule has 0 radical (unpaired) electrons. The number of carbonyl (C=O) groups excluding carboxylic acids is 1. The Morgan fingerprint density at radius 1 is 1.15 bits per heavy atom. The van der Waals surface area contributed by atoms with E-state index in [0.717, 1.165) is 48.3 Å². The number of piperazine rings is 1. The summed E-state index contributed by atoms with van der Waals surface area (Å²) in [5, 5.41) is 1.16. The van der Waals surface area contributed by atoms with Crippen LogP contribution in [0.25, 0.3) is 10.9 Å². The number of nitrogens with zero attached hydrogens (tertiary/aromatic N) is 2. The maximum atomic E-state index is 12.7. The zero-order valence-corrected chi connectivity index (χ0v) is 12.4. The number of aromatic nitrogens is 1. The average molecular weight is 271 g/mol. The Kier molecular flexibility index (Phi) is 3.26. The van der Waals surface area contributed by atoms with Crippen LogP contribution in [0.5, 0.6) is 0 Å². The number of amides is 1. The quantitative estimate of drug-likeness (QED) is 0.863. The Morgan fingerprint density at radius 3 is 2.55 bits per heavy atom. The van der Waals surface area contributed by atoms with Crippen molar-refractivity contribution < 1.29 is 4.79 Å². The molecule has 1 N–H and O–H groups in total. The number of rotatable bonds is 1. The molecule has 0 bridgehead atoms. The lowest BCUT2D eigenvalue weighted by molar-refractivity contribution is 0.0658. The number of aromatic amines is 1. The molecule has 1 fully saturated rings. The topological polar surface area (TPSA) is 39.3 Å². The molecule has 2 heterocycles. The van der Waals surface area contributed by atoms with Crippen LogP contribution in [-0.2, 0) is 0 Å². The predicted molar refractivity (Wildman–Crippen MR) is 81.2 cm³/mol. The van der Waals surface area contributed by atoms with E-state index in [2.05, 4.69) is 42.1 Å². The van der Waals surface area contributed by atoms with Crippen molar-refractivity contribution in [2.24, 2.45) is 0 Å². The Bertz CT molecular complexity index is 651. The Labute approximate surface area is 119 Å². The number of likely N-dealkylation sites (N-methyl/N-ethyl adjacent to an activating group) is 1. The van der Waals surface area contributed by atoms with Gasteiger partial charge in [-0.3, -0.25) is 4.79 Å². The van der Waals surface area contributed by atoms with E-state index in [1.807, 2.05) is 11.8 Å². The van der Waals surface area contributed by atoms with Crippen LogP contribution in [0.15, 0.2) is 18.2 Å². The van der Waals surface area contributed by atoms with Gasteiger partial charge in [0.25, 0.3) is 5.91 Å². The number of H-pyrrole nitrogens is 1. The molecule has 1 aromatic carbocycles. The van der Waals surface area contributed by atoms with Crippen molar-refractivity contribution in [1.82, 2.24) is 14.8 Å². The van der Waals surface area contributed by atoms with Crippen molar-refractivity contribution in [2.75, 3.05) is 33.2 Å². The second kappa shape index (κ2) is 4.94. The average Bonchev–Trinajstić information content (AvgIpc) is 2.76. The van der Waals surface area contributed by atoms with E-state index in [0.29, 0.717) is 0 Å². The third-order valence-corrected chi connectivity index (χ3v) is 4.22. The third kappa shape index (κ3) is 2.20. The van der Waals surface area contributed by atoms with E-state index in [-0.39, 0.29) is 5.91 Å². The molecule has 20 heavy (non-hydrogen) atoms. The maximum absolute atomic E-state index is 12.7. The molecule has 0 spiro atoms.